The molecule has 0 unspecified atom stereocenters. The molecule has 4 N–H and O–H groups in total. The number of H-pyrrole nitrogens is 1. The number of amides is 2. The number of nitrogens with two attached hydrogens (primary N) is 1. The molecule has 1 fully saturated rings. The summed E-state index contributed by atoms with van der Waals surface area (Å²) in [5.41, 5.74) is 8.07. The van der Waals surface area contributed by atoms with Crippen molar-refractivity contribution in [3.05, 3.63) is 45.9 Å². The van der Waals surface area contributed by atoms with Crippen LogP contribution in [0.25, 0.3) is 11.2 Å². The summed E-state index contributed by atoms with van der Waals surface area (Å²) in [4.78, 5) is 54.1. The Balaban J connectivity index is 1.13. The molecule has 15 heteroatoms. The summed E-state index contributed by atoms with van der Waals surface area (Å²) in [5.74, 6) is 0.685. The van der Waals surface area contributed by atoms with Gasteiger partial charge in [0.25, 0.3) is 0 Å². The van der Waals surface area contributed by atoms with E-state index in [0.717, 1.165) is 24.8 Å². The number of aromatic amines is 1. The number of aromatic nitrogens is 5. The predicted octanol–water partition coefficient (Wildman–Crippen LogP) is 0.927. The summed E-state index contributed by atoms with van der Waals surface area (Å²) in [6, 6.07) is 4.02. The first kappa shape index (κ1) is 34.0. The van der Waals surface area contributed by atoms with Crippen LogP contribution >= 0.6 is 0 Å². The third-order valence-corrected chi connectivity index (χ3v) is 7.35. The Morgan fingerprint density at radius 2 is 1.69 bits per heavy atom. The maximum atomic E-state index is 13.1. The van der Waals surface area contributed by atoms with Crippen molar-refractivity contribution >= 4 is 28.8 Å². The van der Waals surface area contributed by atoms with Gasteiger partial charge < -0.3 is 39.9 Å². The molecular weight excluding hydrogens is 584 g/mol. The van der Waals surface area contributed by atoms with Crippen molar-refractivity contribution < 1.29 is 28.5 Å². The third-order valence-electron chi connectivity index (χ3n) is 7.35. The second-order valence-electron chi connectivity index (χ2n) is 10.8. The van der Waals surface area contributed by atoms with Crippen LogP contribution in [0.1, 0.15) is 49.7 Å². The molecule has 45 heavy (non-hydrogen) atoms. The van der Waals surface area contributed by atoms with Gasteiger partial charge in [0.2, 0.25) is 11.8 Å². The molecule has 0 aromatic carbocycles. The first-order chi connectivity index (χ1) is 21.8. The quantitative estimate of drug-likeness (QED) is 0.151. The predicted molar refractivity (Wildman–Crippen MR) is 165 cm³/mol. The van der Waals surface area contributed by atoms with Gasteiger partial charge in [-0.25, -0.2) is 14.8 Å². The van der Waals surface area contributed by atoms with Crippen LogP contribution in [0.2, 0.25) is 0 Å². The highest BCUT2D eigenvalue weighted by molar-refractivity contribution is 5.81. The van der Waals surface area contributed by atoms with E-state index in [1.807, 2.05) is 17.0 Å². The molecule has 0 aliphatic heterocycles. The molecule has 3 aromatic rings. The molecule has 0 radical (unpaired) electrons. The van der Waals surface area contributed by atoms with Crippen LogP contribution in [0.3, 0.4) is 0 Å². The second-order valence-corrected chi connectivity index (χ2v) is 10.8. The molecule has 0 spiro atoms. The number of nitrogens with zero attached hydrogens (tertiary/aromatic N) is 5. The zero-order valence-corrected chi connectivity index (χ0v) is 26.1. The Morgan fingerprint density at radius 3 is 2.29 bits per heavy atom. The highest BCUT2D eigenvalue weighted by Gasteiger charge is 2.28. The minimum atomic E-state index is -0.332. The van der Waals surface area contributed by atoms with E-state index in [0.29, 0.717) is 95.0 Å². The number of carbonyl (C=O) groups excluding carboxylic acids is 2. The van der Waals surface area contributed by atoms with Crippen LogP contribution in [-0.4, -0.2) is 107 Å². The van der Waals surface area contributed by atoms with Gasteiger partial charge in [0, 0.05) is 32.3 Å². The number of hydrogen-bond acceptors (Lipinski definition) is 11. The molecule has 3 heterocycles. The van der Waals surface area contributed by atoms with Crippen molar-refractivity contribution in [3.8, 4) is 0 Å². The molecule has 15 nitrogen and oxygen atoms in total. The standard InChI is InChI=1S/C30H44N8O7/c1-21-34-28(31)27-29(35-21)38(30(41)36-27)20-24-7-6-23(18-33-24)19-37(25-4-3-5-25)26(40)8-10-42-12-14-44-16-17-45-15-13-43-11-9-32-22(2)39/h6-7,18,25H,3-5,8-17,19-20H2,1-2H3,(H,32,39)(H,36,41)(H2,31,34,35). The smallest absolute Gasteiger partial charge is 0.328 e. The summed E-state index contributed by atoms with van der Waals surface area (Å²) >= 11 is 0. The number of hydrogen-bond donors (Lipinski definition) is 3. The number of carbonyl (C=O) groups is 2. The van der Waals surface area contributed by atoms with Gasteiger partial charge >= 0.3 is 5.69 Å². The Morgan fingerprint density at radius 1 is 1.02 bits per heavy atom. The van der Waals surface area contributed by atoms with Gasteiger partial charge in [-0.1, -0.05) is 6.07 Å². The average molecular weight is 629 g/mol. The highest BCUT2D eigenvalue weighted by Crippen LogP contribution is 2.27. The summed E-state index contributed by atoms with van der Waals surface area (Å²) in [6.07, 6.45) is 5.14. The van der Waals surface area contributed by atoms with Gasteiger partial charge in [-0.15, -0.1) is 0 Å². The van der Waals surface area contributed by atoms with E-state index >= 15 is 0 Å². The monoisotopic (exact) mass is 628 g/mol. The van der Waals surface area contributed by atoms with Crippen LogP contribution in [0.15, 0.2) is 23.1 Å². The van der Waals surface area contributed by atoms with E-state index in [1.54, 1.807) is 13.1 Å². The number of pyridine rings is 1. The zero-order chi connectivity index (χ0) is 32.0. The number of nitrogen functional groups attached to an aromatic ring is 1. The number of ether oxygens (including phenoxy) is 4. The molecule has 1 aliphatic rings. The van der Waals surface area contributed by atoms with Crippen LogP contribution < -0.4 is 16.7 Å². The van der Waals surface area contributed by atoms with Gasteiger partial charge in [-0.05, 0) is 37.8 Å². The lowest BCUT2D eigenvalue weighted by molar-refractivity contribution is -0.137. The number of fused-ring (bicyclic) bond motifs is 1. The minimum absolute atomic E-state index is 0.0513. The lowest BCUT2D eigenvalue weighted by Crippen LogP contribution is -2.44. The molecule has 0 bridgehead atoms. The fourth-order valence-corrected chi connectivity index (χ4v) is 4.80. The topological polar surface area (TPSA) is 189 Å². The number of anilines is 1. The van der Waals surface area contributed by atoms with Crippen molar-refractivity contribution in [2.75, 3.05) is 65.1 Å². The van der Waals surface area contributed by atoms with E-state index in [4.69, 9.17) is 24.7 Å². The summed E-state index contributed by atoms with van der Waals surface area (Å²) in [6.45, 7) is 7.76. The van der Waals surface area contributed by atoms with Gasteiger partial charge in [0.05, 0.1) is 71.5 Å². The normalized spacial score (nSPS) is 13.2. The molecule has 3 aromatic heterocycles. The van der Waals surface area contributed by atoms with Gasteiger partial charge in [-0.2, -0.15) is 0 Å². The number of aryl methyl sites for hydroxylation is 1. The van der Waals surface area contributed by atoms with Crippen molar-refractivity contribution in [2.45, 2.75) is 58.7 Å². The molecular formula is C30H44N8O7. The lowest BCUT2D eigenvalue weighted by atomic mass is 9.91. The molecule has 246 valence electrons. The van der Waals surface area contributed by atoms with Crippen LogP contribution in [0.4, 0.5) is 5.82 Å². The Labute approximate surface area is 261 Å². The van der Waals surface area contributed by atoms with E-state index in [9.17, 15) is 14.4 Å². The summed E-state index contributed by atoms with van der Waals surface area (Å²) < 4.78 is 23.4. The number of rotatable bonds is 20. The fourth-order valence-electron chi connectivity index (χ4n) is 4.80. The van der Waals surface area contributed by atoms with Crippen LogP contribution in [0, 0.1) is 6.92 Å². The molecule has 0 saturated heterocycles. The zero-order valence-electron chi connectivity index (χ0n) is 26.1. The van der Waals surface area contributed by atoms with Crippen molar-refractivity contribution in [1.29, 1.82) is 0 Å². The number of nitrogens with one attached hydrogen (secondary N) is 2. The van der Waals surface area contributed by atoms with Crippen LogP contribution in [-0.2, 0) is 41.6 Å². The first-order valence-corrected chi connectivity index (χ1v) is 15.3. The largest absolute Gasteiger partial charge is 0.382 e. The van der Waals surface area contributed by atoms with E-state index < -0.39 is 0 Å². The van der Waals surface area contributed by atoms with Crippen molar-refractivity contribution in [3.63, 3.8) is 0 Å². The summed E-state index contributed by atoms with van der Waals surface area (Å²) in [7, 11) is 0. The number of imidazole rings is 1. The van der Waals surface area contributed by atoms with E-state index in [-0.39, 0.29) is 35.9 Å². The Kier molecular flexibility index (Phi) is 13.2. The lowest BCUT2D eigenvalue weighted by Gasteiger charge is -2.37. The van der Waals surface area contributed by atoms with Crippen molar-refractivity contribution in [2.24, 2.45) is 0 Å². The van der Waals surface area contributed by atoms with Gasteiger partial charge in [-0.3, -0.25) is 19.1 Å². The SMILES string of the molecule is CC(=O)NCCOCCOCCOCCOCCC(=O)N(Cc1ccc(Cn2c(=O)[nH]c3c(N)nc(C)nc32)nc1)C1CCC1. The maximum Gasteiger partial charge on any atom is 0.328 e. The fraction of sp³-hybridized carbons (Fsp3) is 0.600. The Hall–Kier alpha value is -3.92. The third kappa shape index (κ3) is 10.6. The molecule has 0 atom stereocenters. The second kappa shape index (κ2) is 17.5. The van der Waals surface area contributed by atoms with Gasteiger partial charge in [0.1, 0.15) is 11.3 Å². The molecule has 1 saturated carbocycles. The van der Waals surface area contributed by atoms with E-state index in [2.05, 4.69) is 25.3 Å². The first-order valence-electron chi connectivity index (χ1n) is 15.3. The van der Waals surface area contributed by atoms with Crippen molar-refractivity contribution in [1.82, 2.24) is 34.7 Å². The van der Waals surface area contributed by atoms with E-state index in [1.165, 1.54) is 11.5 Å². The van der Waals surface area contributed by atoms with Gasteiger partial charge in [0.15, 0.2) is 11.5 Å². The maximum absolute atomic E-state index is 13.1. The summed E-state index contributed by atoms with van der Waals surface area (Å²) in [5, 5.41) is 2.66. The average Bonchev–Trinajstić information content (AvgIpc) is 3.29. The minimum Gasteiger partial charge on any atom is -0.382 e. The molecule has 4 rings (SSSR count). The molecule has 1 aliphatic carbocycles. The molecule has 2 amide bonds. The highest BCUT2D eigenvalue weighted by atomic mass is 16.6. The van der Waals surface area contributed by atoms with Crippen LogP contribution in [0.5, 0.6) is 0 Å². The Bertz CT molecular complexity index is 1440.